The Morgan fingerprint density at radius 3 is 2.41 bits per heavy atom. The van der Waals surface area contributed by atoms with Gasteiger partial charge in [-0.15, -0.1) is 10.8 Å². The summed E-state index contributed by atoms with van der Waals surface area (Å²) in [7, 11) is -2.95. The molecule has 2 atom stereocenters. The van der Waals surface area contributed by atoms with Crippen molar-refractivity contribution in [3.05, 3.63) is 92.4 Å². The normalized spacial score (nSPS) is 17.0. The third-order valence-corrected chi connectivity index (χ3v) is 9.77. The van der Waals surface area contributed by atoms with E-state index in [1.807, 2.05) is 61.5 Å². The number of carbonyl (C=O) groups excluding carboxylic acids is 1. The minimum absolute atomic E-state index is 0.277. The van der Waals surface area contributed by atoms with E-state index in [-0.39, 0.29) is 12.5 Å². The first-order valence-corrected chi connectivity index (χ1v) is 17.0. The molecule has 41 heavy (non-hydrogen) atoms. The van der Waals surface area contributed by atoms with Crippen LogP contribution in [0.4, 0.5) is 11.4 Å². The first-order chi connectivity index (χ1) is 19.6. The van der Waals surface area contributed by atoms with Crippen LogP contribution < -0.4 is 20.3 Å². The fourth-order valence-corrected chi connectivity index (χ4v) is 7.99. The van der Waals surface area contributed by atoms with Gasteiger partial charge in [-0.05, 0) is 73.7 Å². The highest BCUT2D eigenvalue weighted by molar-refractivity contribution is 9.11. The molecule has 3 aromatic carbocycles. The highest BCUT2D eigenvalue weighted by atomic mass is 79.9. The molecule has 1 amide bonds. The number of benzene rings is 3. The lowest BCUT2D eigenvalue weighted by Gasteiger charge is -2.47. The van der Waals surface area contributed by atoms with Gasteiger partial charge in [-0.25, -0.2) is 0 Å². The Bertz CT molecular complexity index is 1290. The molecule has 3 aromatic rings. The summed E-state index contributed by atoms with van der Waals surface area (Å²) in [5.41, 5.74) is 3.75. The van der Waals surface area contributed by atoms with Crippen molar-refractivity contribution in [2.24, 2.45) is 0 Å². The number of nitrogens with zero attached hydrogens (tertiary/aromatic N) is 1. The van der Waals surface area contributed by atoms with E-state index in [0.29, 0.717) is 43.1 Å². The minimum atomic E-state index is -2.95. The maximum absolute atomic E-state index is 13.7. The summed E-state index contributed by atoms with van der Waals surface area (Å²) in [5, 5.41) is 20.9. The molecule has 4 rings (SSSR count). The number of carbonyl (C=O) groups is 1. The van der Waals surface area contributed by atoms with Crippen LogP contribution in [-0.4, -0.2) is 57.7 Å². The third-order valence-electron chi connectivity index (χ3n) is 6.92. The van der Waals surface area contributed by atoms with Crippen LogP contribution in [0, 0.1) is 0 Å². The summed E-state index contributed by atoms with van der Waals surface area (Å²) in [5.74, 6) is -0.0229. The molecule has 8 nitrogen and oxygen atoms in total. The molecule has 222 valence electrons. The first-order valence-electron chi connectivity index (χ1n) is 13.8. The second kappa shape index (κ2) is 14.9. The van der Waals surface area contributed by atoms with Gasteiger partial charge < -0.3 is 21.1 Å². The van der Waals surface area contributed by atoms with Crippen LogP contribution in [0.2, 0.25) is 0 Å². The van der Waals surface area contributed by atoms with Crippen molar-refractivity contribution >= 4 is 59.9 Å². The molecule has 0 saturated carbocycles. The second-order valence-corrected chi connectivity index (χ2v) is 14.1. The van der Waals surface area contributed by atoms with Gasteiger partial charge in [0.25, 0.3) is 5.91 Å². The predicted molar refractivity (Wildman–Crippen MR) is 176 cm³/mol. The molecule has 0 spiro atoms. The lowest BCUT2D eigenvalue weighted by Crippen LogP contribution is -2.48. The maximum atomic E-state index is 13.7. The van der Waals surface area contributed by atoms with Crippen LogP contribution in [0.3, 0.4) is 0 Å². The van der Waals surface area contributed by atoms with Crippen molar-refractivity contribution in [2.45, 2.75) is 44.9 Å². The second-order valence-electron chi connectivity index (χ2n) is 10.2. The van der Waals surface area contributed by atoms with Crippen molar-refractivity contribution in [3.8, 4) is 0 Å². The van der Waals surface area contributed by atoms with Gasteiger partial charge in [0.15, 0.2) is 0 Å². The van der Waals surface area contributed by atoms with Gasteiger partial charge in [0, 0.05) is 46.4 Å². The van der Waals surface area contributed by atoms with E-state index in [4.69, 9.17) is 0 Å². The molecule has 0 aliphatic carbocycles. The molecule has 0 bridgehead atoms. The zero-order valence-electron chi connectivity index (χ0n) is 23.0. The summed E-state index contributed by atoms with van der Waals surface area (Å²) < 4.78 is 25.0. The molecule has 1 aliphatic heterocycles. The molecular weight excluding hydrogens is 672 g/mol. The minimum Gasteiger partial charge on any atom is -0.390 e. The number of anilines is 2. The third kappa shape index (κ3) is 9.18. The number of hydrogen-bond acceptors (Lipinski definition) is 7. The number of hydrogen-bond donors (Lipinski definition) is 6. The van der Waals surface area contributed by atoms with E-state index in [9.17, 15) is 19.0 Å². The average Bonchev–Trinajstić information content (AvgIpc) is 2.92. The van der Waals surface area contributed by atoms with Gasteiger partial charge in [0.05, 0.1) is 23.6 Å². The maximum Gasteiger partial charge on any atom is 0.251 e. The van der Waals surface area contributed by atoms with Crippen LogP contribution in [0.25, 0.3) is 0 Å². The van der Waals surface area contributed by atoms with Gasteiger partial charge in [-0.1, -0.05) is 62.2 Å². The first kappa shape index (κ1) is 31.8. The van der Waals surface area contributed by atoms with Crippen LogP contribution in [0.15, 0.2) is 75.7 Å². The molecule has 1 aliphatic rings. The number of halogens is 2. The van der Waals surface area contributed by atoms with Crippen molar-refractivity contribution in [2.75, 3.05) is 35.0 Å². The largest absolute Gasteiger partial charge is 0.390 e. The van der Waals surface area contributed by atoms with Crippen molar-refractivity contribution < 1.29 is 19.0 Å². The molecular formula is C30H38Br2N4O4S. The van der Waals surface area contributed by atoms with E-state index in [0.717, 1.165) is 38.6 Å². The van der Waals surface area contributed by atoms with E-state index >= 15 is 0 Å². The fourth-order valence-electron chi connectivity index (χ4n) is 4.92. The molecule has 1 fully saturated rings. The molecule has 0 aromatic heterocycles. The topological polar surface area (TPSA) is 117 Å². The number of rotatable bonds is 12. The van der Waals surface area contributed by atoms with Gasteiger partial charge >= 0.3 is 0 Å². The summed E-state index contributed by atoms with van der Waals surface area (Å²) >= 11 is 7.01. The van der Waals surface area contributed by atoms with Crippen molar-refractivity contribution in [1.29, 1.82) is 0 Å². The zero-order valence-corrected chi connectivity index (χ0v) is 27.0. The van der Waals surface area contributed by atoms with Gasteiger partial charge in [0.1, 0.15) is 0 Å². The lowest BCUT2D eigenvalue weighted by atomic mass is 10.00. The Hall–Kier alpha value is -2.12. The number of aliphatic hydroxyl groups excluding tert-OH is 1. The van der Waals surface area contributed by atoms with E-state index < -0.39 is 22.9 Å². The highest BCUT2D eigenvalue weighted by Gasteiger charge is 2.28. The Labute approximate surface area is 260 Å². The Morgan fingerprint density at radius 1 is 1.00 bits per heavy atom. The molecule has 1 saturated heterocycles. The quantitative estimate of drug-likeness (QED) is 0.129. The van der Waals surface area contributed by atoms with Gasteiger partial charge in [0.2, 0.25) is 0 Å². The van der Waals surface area contributed by atoms with Crippen LogP contribution in [0.1, 0.15) is 41.3 Å². The average molecular weight is 711 g/mol. The Morgan fingerprint density at radius 2 is 1.73 bits per heavy atom. The fraction of sp³-hybridized carbons (Fsp3) is 0.367. The highest BCUT2D eigenvalue weighted by Crippen LogP contribution is 2.50. The standard InChI is InChI=1S/C30H38Br2N4O4S/c1-2-34-26-15-23(16-27(18-26)36-10-6-7-11-41(36,39)40)30(38)35-28(14-21-8-4-3-5-9-21)29(37)20-33-19-22-12-24(31)17-25(32)13-22/h3-5,8-9,12-13,15-18,28-29,33-34,37,39-40H,2,6-7,10-11,14,19-20H2,1H3,(H,35,38)/t28-,29+/m0/s1. The number of nitrogens with one attached hydrogen (secondary N) is 3. The van der Waals surface area contributed by atoms with E-state index in [1.54, 1.807) is 16.4 Å². The van der Waals surface area contributed by atoms with Gasteiger partial charge in [-0.3, -0.25) is 18.2 Å². The Kier molecular flexibility index (Phi) is 11.5. The van der Waals surface area contributed by atoms with E-state index in [1.165, 1.54) is 0 Å². The van der Waals surface area contributed by atoms with Crippen LogP contribution in [0.5, 0.6) is 0 Å². The predicted octanol–water partition coefficient (Wildman–Crippen LogP) is 6.40. The lowest BCUT2D eigenvalue weighted by molar-refractivity contribution is 0.0830. The van der Waals surface area contributed by atoms with Gasteiger partial charge in [-0.2, -0.15) is 0 Å². The monoisotopic (exact) mass is 708 g/mol. The Balaban J connectivity index is 1.53. The van der Waals surface area contributed by atoms with Crippen LogP contribution in [-0.2, 0) is 13.0 Å². The molecule has 6 N–H and O–H groups in total. The number of aliphatic hydroxyl groups is 1. The molecule has 1 heterocycles. The molecule has 0 radical (unpaired) electrons. The summed E-state index contributed by atoms with van der Waals surface area (Å²) in [6, 6.07) is 20.5. The smallest absolute Gasteiger partial charge is 0.251 e. The summed E-state index contributed by atoms with van der Waals surface area (Å²) in [6.45, 7) is 3.95. The van der Waals surface area contributed by atoms with E-state index in [2.05, 4.69) is 47.8 Å². The van der Waals surface area contributed by atoms with Crippen molar-refractivity contribution in [3.63, 3.8) is 0 Å². The van der Waals surface area contributed by atoms with Crippen molar-refractivity contribution in [1.82, 2.24) is 10.6 Å². The summed E-state index contributed by atoms with van der Waals surface area (Å²) in [6.07, 6.45) is 1.19. The summed E-state index contributed by atoms with van der Waals surface area (Å²) in [4.78, 5) is 13.7. The zero-order chi connectivity index (χ0) is 29.4. The molecule has 0 unspecified atom stereocenters. The SMILES string of the molecule is CCNc1cc(C(=O)N[C@@H](Cc2ccccc2)[C@H](O)CNCc2cc(Br)cc(Br)c2)cc(N2CCCCS2(O)O)c1. The molecule has 11 heteroatoms. The van der Waals surface area contributed by atoms with Crippen LogP contribution >= 0.6 is 42.6 Å². The number of amides is 1.